The van der Waals surface area contributed by atoms with Crippen molar-refractivity contribution in [3.05, 3.63) is 28.6 Å². The minimum Gasteiger partial charge on any atom is -0.488 e. The van der Waals surface area contributed by atoms with Crippen molar-refractivity contribution in [3.63, 3.8) is 0 Å². The van der Waals surface area contributed by atoms with Crippen LogP contribution in [-0.2, 0) is 0 Å². The molecule has 0 fully saturated rings. The van der Waals surface area contributed by atoms with E-state index in [0.29, 0.717) is 0 Å². The van der Waals surface area contributed by atoms with Gasteiger partial charge in [-0.1, -0.05) is 11.6 Å². The maximum absolute atomic E-state index is 6.03. The van der Waals surface area contributed by atoms with Crippen LogP contribution in [0.15, 0.2) is 23.6 Å². The van der Waals surface area contributed by atoms with E-state index in [9.17, 15) is 0 Å². The van der Waals surface area contributed by atoms with Crippen molar-refractivity contribution in [2.24, 2.45) is 0 Å². The van der Waals surface area contributed by atoms with Gasteiger partial charge in [-0.15, -0.1) is 11.3 Å². The van der Waals surface area contributed by atoms with Crippen molar-refractivity contribution in [1.29, 1.82) is 0 Å². The molecule has 1 nitrogen and oxygen atoms in total. The summed E-state index contributed by atoms with van der Waals surface area (Å²) in [6.07, 6.45) is 0. The highest BCUT2D eigenvalue weighted by molar-refractivity contribution is 7.17. The smallest absolute Gasteiger partial charge is 0.121 e. The Bertz CT molecular complexity index is 482. The number of halogens is 1. The molecule has 3 heteroatoms. The predicted molar refractivity (Wildman–Crippen MR) is 67.2 cm³/mol. The lowest BCUT2D eigenvalue weighted by Gasteiger charge is -2.21. The first kappa shape index (κ1) is 10.8. The molecule has 0 saturated carbocycles. The molecular formula is C12H13ClOS. The minimum atomic E-state index is -0.158. The fraction of sp³-hybridized carbons (Fsp3) is 0.333. The van der Waals surface area contributed by atoms with Gasteiger partial charge >= 0.3 is 0 Å². The molecule has 0 bridgehead atoms. The molecule has 15 heavy (non-hydrogen) atoms. The molecule has 2 rings (SSSR count). The van der Waals surface area contributed by atoms with E-state index in [1.54, 1.807) is 11.3 Å². The Hall–Kier alpha value is -0.730. The molecule has 0 saturated heterocycles. The largest absolute Gasteiger partial charge is 0.488 e. The maximum Gasteiger partial charge on any atom is 0.121 e. The van der Waals surface area contributed by atoms with Crippen molar-refractivity contribution in [2.45, 2.75) is 26.4 Å². The van der Waals surface area contributed by atoms with Crippen LogP contribution in [0.2, 0.25) is 5.02 Å². The summed E-state index contributed by atoms with van der Waals surface area (Å²) in [5, 5.41) is 3.87. The fourth-order valence-corrected chi connectivity index (χ4v) is 2.59. The molecule has 0 amide bonds. The van der Waals surface area contributed by atoms with Crippen molar-refractivity contribution in [3.8, 4) is 5.75 Å². The van der Waals surface area contributed by atoms with Gasteiger partial charge in [-0.3, -0.25) is 0 Å². The molecule has 0 radical (unpaired) electrons. The Morgan fingerprint density at radius 2 is 2.00 bits per heavy atom. The van der Waals surface area contributed by atoms with Crippen LogP contribution in [-0.4, -0.2) is 5.60 Å². The predicted octanol–water partition coefficient (Wildman–Crippen LogP) is 4.73. The van der Waals surface area contributed by atoms with Crippen molar-refractivity contribution in [2.75, 3.05) is 0 Å². The molecule has 0 unspecified atom stereocenters. The van der Waals surface area contributed by atoms with Crippen LogP contribution in [0.25, 0.3) is 10.1 Å². The first-order chi connectivity index (χ1) is 6.96. The molecule has 1 aromatic carbocycles. The highest BCUT2D eigenvalue weighted by Gasteiger charge is 2.12. The molecule has 0 aliphatic rings. The normalized spacial score (nSPS) is 12.0. The fourth-order valence-electron chi connectivity index (χ4n) is 1.39. The quantitative estimate of drug-likeness (QED) is 0.700. The van der Waals surface area contributed by atoms with E-state index in [1.807, 2.05) is 44.4 Å². The highest BCUT2D eigenvalue weighted by Crippen LogP contribution is 2.33. The second-order valence-electron chi connectivity index (χ2n) is 4.46. The Kier molecular flexibility index (Phi) is 2.65. The Labute approximate surface area is 98.6 Å². The summed E-state index contributed by atoms with van der Waals surface area (Å²) < 4.78 is 6.95. The summed E-state index contributed by atoms with van der Waals surface area (Å²) in [5.41, 5.74) is -0.158. The van der Waals surface area contributed by atoms with Crippen LogP contribution >= 0.6 is 22.9 Å². The molecule has 0 aliphatic carbocycles. The van der Waals surface area contributed by atoms with E-state index in [1.165, 1.54) is 4.70 Å². The standard InChI is InChI=1S/C12H13ClOS/c1-12(2,3)14-8-4-5-9-10(13)7-15-11(9)6-8/h4-7H,1-3H3. The second kappa shape index (κ2) is 3.69. The summed E-state index contributed by atoms with van der Waals surface area (Å²) in [7, 11) is 0. The number of fused-ring (bicyclic) bond motifs is 1. The van der Waals surface area contributed by atoms with Gasteiger partial charge in [-0.05, 0) is 39.0 Å². The Morgan fingerprint density at radius 1 is 1.27 bits per heavy atom. The van der Waals surface area contributed by atoms with Gasteiger partial charge in [-0.25, -0.2) is 0 Å². The van der Waals surface area contributed by atoms with Crippen LogP contribution in [0, 0.1) is 0 Å². The molecule has 0 spiro atoms. The average molecular weight is 241 g/mol. The van der Waals surface area contributed by atoms with E-state index < -0.39 is 0 Å². The Balaban J connectivity index is 2.39. The third-order valence-corrected chi connectivity index (χ3v) is 3.31. The van der Waals surface area contributed by atoms with Crippen molar-refractivity contribution >= 4 is 33.0 Å². The zero-order chi connectivity index (χ0) is 11.1. The number of ether oxygens (including phenoxy) is 1. The Morgan fingerprint density at radius 3 is 2.67 bits per heavy atom. The van der Waals surface area contributed by atoms with Gasteiger partial charge in [0.1, 0.15) is 11.4 Å². The first-order valence-corrected chi connectivity index (χ1v) is 6.07. The molecule has 2 aromatic rings. The summed E-state index contributed by atoms with van der Waals surface area (Å²) in [6.45, 7) is 6.12. The van der Waals surface area contributed by atoms with E-state index in [-0.39, 0.29) is 5.60 Å². The molecule has 80 valence electrons. The van der Waals surface area contributed by atoms with E-state index in [4.69, 9.17) is 16.3 Å². The lowest BCUT2D eigenvalue weighted by Crippen LogP contribution is -2.22. The number of benzene rings is 1. The number of hydrogen-bond acceptors (Lipinski definition) is 2. The lowest BCUT2D eigenvalue weighted by molar-refractivity contribution is 0.131. The number of rotatable bonds is 1. The lowest BCUT2D eigenvalue weighted by atomic mass is 10.2. The SMILES string of the molecule is CC(C)(C)Oc1ccc2c(Cl)csc2c1. The zero-order valence-corrected chi connectivity index (χ0v) is 10.6. The van der Waals surface area contributed by atoms with Crippen molar-refractivity contribution in [1.82, 2.24) is 0 Å². The first-order valence-electron chi connectivity index (χ1n) is 4.81. The van der Waals surface area contributed by atoms with Crippen LogP contribution in [0.1, 0.15) is 20.8 Å². The van der Waals surface area contributed by atoms with Gasteiger partial charge < -0.3 is 4.74 Å². The van der Waals surface area contributed by atoms with Gasteiger partial charge in [0.2, 0.25) is 0 Å². The molecule has 1 aromatic heterocycles. The number of thiophene rings is 1. The molecule has 1 heterocycles. The topological polar surface area (TPSA) is 9.23 Å². The van der Waals surface area contributed by atoms with Gasteiger partial charge in [0.05, 0.1) is 5.02 Å². The molecule has 0 aliphatic heterocycles. The third kappa shape index (κ3) is 2.44. The molecular weight excluding hydrogens is 228 g/mol. The van der Waals surface area contributed by atoms with Gasteiger partial charge in [-0.2, -0.15) is 0 Å². The average Bonchev–Trinajstić information content (AvgIpc) is 2.45. The molecule has 0 N–H and O–H groups in total. The third-order valence-electron chi connectivity index (χ3n) is 1.92. The van der Waals surface area contributed by atoms with E-state index in [2.05, 4.69) is 0 Å². The maximum atomic E-state index is 6.03. The van der Waals surface area contributed by atoms with Crippen LogP contribution in [0.4, 0.5) is 0 Å². The van der Waals surface area contributed by atoms with Crippen molar-refractivity contribution < 1.29 is 4.74 Å². The van der Waals surface area contributed by atoms with E-state index in [0.717, 1.165) is 16.2 Å². The summed E-state index contributed by atoms with van der Waals surface area (Å²) in [4.78, 5) is 0. The van der Waals surface area contributed by atoms with Gasteiger partial charge in [0, 0.05) is 15.5 Å². The second-order valence-corrected chi connectivity index (χ2v) is 5.77. The number of hydrogen-bond donors (Lipinski definition) is 0. The van der Waals surface area contributed by atoms with Gasteiger partial charge in [0.15, 0.2) is 0 Å². The summed E-state index contributed by atoms with van der Waals surface area (Å²) >= 11 is 7.67. The zero-order valence-electron chi connectivity index (χ0n) is 9.00. The highest BCUT2D eigenvalue weighted by atomic mass is 35.5. The minimum absolute atomic E-state index is 0.158. The van der Waals surface area contributed by atoms with E-state index >= 15 is 0 Å². The van der Waals surface area contributed by atoms with Gasteiger partial charge in [0.25, 0.3) is 0 Å². The monoisotopic (exact) mass is 240 g/mol. The summed E-state index contributed by atoms with van der Waals surface area (Å²) in [6, 6.07) is 6.01. The van der Waals surface area contributed by atoms with Crippen LogP contribution in [0.5, 0.6) is 5.75 Å². The molecule has 0 atom stereocenters. The van der Waals surface area contributed by atoms with Crippen LogP contribution < -0.4 is 4.74 Å². The summed E-state index contributed by atoms with van der Waals surface area (Å²) in [5.74, 6) is 0.897. The van der Waals surface area contributed by atoms with Crippen LogP contribution in [0.3, 0.4) is 0 Å².